The number of allylic oxidation sites excluding steroid dienone is 3. The Morgan fingerprint density at radius 2 is 1.92 bits per heavy atom. The lowest BCUT2D eigenvalue weighted by Gasteiger charge is -2.33. The van der Waals surface area contributed by atoms with E-state index in [2.05, 4.69) is 13.0 Å². The van der Waals surface area contributed by atoms with Gasteiger partial charge in [0.15, 0.2) is 0 Å². The lowest BCUT2D eigenvalue weighted by molar-refractivity contribution is -0.138. The molecule has 0 unspecified atom stereocenters. The number of aliphatic hydroxyl groups excluding tert-OH is 1. The second kappa shape index (κ2) is 8.33. The van der Waals surface area contributed by atoms with Crippen LogP contribution in [0.5, 0.6) is 0 Å². The molecule has 0 aromatic heterocycles. The van der Waals surface area contributed by atoms with Crippen LogP contribution in [0.3, 0.4) is 0 Å². The molecule has 1 heterocycles. The Morgan fingerprint density at radius 3 is 2.60 bits per heavy atom. The van der Waals surface area contributed by atoms with E-state index in [4.69, 9.17) is 9.47 Å². The van der Waals surface area contributed by atoms with E-state index in [0.29, 0.717) is 6.42 Å². The van der Waals surface area contributed by atoms with Crippen molar-refractivity contribution in [2.24, 2.45) is 0 Å². The van der Waals surface area contributed by atoms with E-state index >= 15 is 0 Å². The van der Waals surface area contributed by atoms with E-state index in [0.717, 1.165) is 48.8 Å². The van der Waals surface area contributed by atoms with Crippen LogP contribution in [0, 0.1) is 0 Å². The summed E-state index contributed by atoms with van der Waals surface area (Å²) >= 11 is 0. The number of hydrogen-bond donors (Lipinski definition) is 1. The largest absolute Gasteiger partial charge is 0.450 e. The fraction of sp³-hybridized carbons (Fsp3) is 0.667. The third-order valence-corrected chi connectivity index (χ3v) is 5.71. The Hall–Kier alpha value is -1.39. The van der Waals surface area contributed by atoms with Crippen LogP contribution in [0.25, 0.3) is 0 Å². The topological polar surface area (TPSA) is 55.8 Å². The molecule has 4 heteroatoms. The van der Waals surface area contributed by atoms with Gasteiger partial charge in [-0.15, -0.1) is 0 Å². The SMILES string of the molecule is CO[C@]1(C)CCC=C(C)CCC2=C(C)C(=O)O[C@H]2C=C(C)CC[C@H]1O. The first-order valence-electron chi connectivity index (χ1n) is 9.23. The molecule has 25 heavy (non-hydrogen) atoms. The fourth-order valence-electron chi connectivity index (χ4n) is 3.54. The molecule has 0 aromatic carbocycles. The first kappa shape index (κ1) is 19.9. The summed E-state index contributed by atoms with van der Waals surface area (Å²) in [5, 5.41) is 10.6. The van der Waals surface area contributed by atoms with Crippen LogP contribution in [0.1, 0.15) is 66.2 Å². The summed E-state index contributed by atoms with van der Waals surface area (Å²) in [7, 11) is 1.67. The highest BCUT2D eigenvalue weighted by molar-refractivity contribution is 5.92. The lowest BCUT2D eigenvalue weighted by atomic mass is 9.87. The summed E-state index contributed by atoms with van der Waals surface area (Å²) in [5.41, 5.74) is 3.73. The zero-order valence-corrected chi connectivity index (χ0v) is 16.2. The average Bonchev–Trinajstić information content (AvgIpc) is 2.83. The Labute approximate surface area is 151 Å². The molecule has 0 saturated heterocycles. The molecule has 0 fully saturated rings. The molecule has 2 aliphatic rings. The molecule has 3 atom stereocenters. The summed E-state index contributed by atoms with van der Waals surface area (Å²) in [6, 6.07) is 0. The van der Waals surface area contributed by atoms with Gasteiger partial charge in [-0.2, -0.15) is 0 Å². The minimum atomic E-state index is -0.539. The van der Waals surface area contributed by atoms with Gasteiger partial charge < -0.3 is 14.6 Å². The molecular formula is C21H32O4. The standard InChI is InChI=1S/C21H32O4/c1-14-7-6-12-21(4,24-5)19(22)11-9-15(2)13-18-17(10-8-14)16(3)20(23)25-18/h7,13,18-19,22H,6,8-12H2,1-5H3/t18-,19+,21+/m0/s1. The Bertz CT molecular complexity index is 599. The molecule has 0 amide bonds. The minimum Gasteiger partial charge on any atom is -0.450 e. The first-order valence-corrected chi connectivity index (χ1v) is 9.23. The van der Waals surface area contributed by atoms with Gasteiger partial charge >= 0.3 is 5.97 Å². The van der Waals surface area contributed by atoms with E-state index < -0.39 is 11.7 Å². The molecule has 4 nitrogen and oxygen atoms in total. The highest BCUT2D eigenvalue weighted by Gasteiger charge is 2.33. The molecule has 1 aliphatic carbocycles. The average molecular weight is 348 g/mol. The fourth-order valence-corrected chi connectivity index (χ4v) is 3.54. The summed E-state index contributed by atoms with van der Waals surface area (Å²) in [6.07, 6.45) is 8.29. The molecule has 1 N–H and O–H groups in total. The number of hydrogen-bond acceptors (Lipinski definition) is 4. The molecule has 0 spiro atoms. The number of aliphatic hydroxyl groups is 1. The van der Waals surface area contributed by atoms with Crippen LogP contribution >= 0.6 is 0 Å². The smallest absolute Gasteiger partial charge is 0.334 e. The third-order valence-electron chi connectivity index (χ3n) is 5.71. The predicted molar refractivity (Wildman–Crippen MR) is 99.2 cm³/mol. The van der Waals surface area contributed by atoms with Gasteiger partial charge in [-0.25, -0.2) is 4.79 Å². The number of fused-ring (bicyclic) bond motifs is 1. The Morgan fingerprint density at radius 1 is 1.20 bits per heavy atom. The van der Waals surface area contributed by atoms with Gasteiger partial charge in [-0.05, 0) is 77.9 Å². The minimum absolute atomic E-state index is 0.206. The van der Waals surface area contributed by atoms with Gasteiger partial charge in [0, 0.05) is 12.7 Å². The highest BCUT2D eigenvalue weighted by atomic mass is 16.5. The van der Waals surface area contributed by atoms with E-state index in [1.165, 1.54) is 5.57 Å². The lowest BCUT2D eigenvalue weighted by Crippen LogP contribution is -2.41. The van der Waals surface area contributed by atoms with Gasteiger partial charge in [-0.1, -0.05) is 17.2 Å². The Balaban J connectivity index is 2.27. The maximum absolute atomic E-state index is 12.0. The van der Waals surface area contributed by atoms with Crippen LogP contribution in [-0.2, 0) is 14.3 Å². The Kier molecular flexibility index (Phi) is 6.64. The molecule has 2 rings (SSSR count). The van der Waals surface area contributed by atoms with Crippen molar-refractivity contribution in [2.45, 2.75) is 84.0 Å². The zero-order valence-electron chi connectivity index (χ0n) is 16.2. The molecular weight excluding hydrogens is 316 g/mol. The van der Waals surface area contributed by atoms with Gasteiger partial charge in [-0.3, -0.25) is 0 Å². The molecule has 140 valence electrons. The van der Waals surface area contributed by atoms with Crippen molar-refractivity contribution in [1.29, 1.82) is 0 Å². The summed E-state index contributed by atoms with van der Waals surface area (Å²) < 4.78 is 11.2. The van der Waals surface area contributed by atoms with Crippen molar-refractivity contribution < 1.29 is 19.4 Å². The molecule has 0 aromatic rings. The molecule has 0 bridgehead atoms. The number of methoxy groups -OCH3 is 1. The van der Waals surface area contributed by atoms with Crippen molar-refractivity contribution in [3.8, 4) is 0 Å². The van der Waals surface area contributed by atoms with E-state index in [9.17, 15) is 9.90 Å². The van der Waals surface area contributed by atoms with Crippen LogP contribution in [0.15, 0.2) is 34.4 Å². The molecule has 0 radical (unpaired) electrons. The van der Waals surface area contributed by atoms with Crippen molar-refractivity contribution in [3.63, 3.8) is 0 Å². The van der Waals surface area contributed by atoms with E-state index in [1.807, 2.05) is 26.8 Å². The van der Waals surface area contributed by atoms with Crippen molar-refractivity contribution in [3.05, 3.63) is 34.4 Å². The van der Waals surface area contributed by atoms with Crippen LogP contribution in [0.2, 0.25) is 0 Å². The highest BCUT2D eigenvalue weighted by Crippen LogP contribution is 2.31. The van der Waals surface area contributed by atoms with Crippen molar-refractivity contribution in [2.75, 3.05) is 7.11 Å². The quantitative estimate of drug-likeness (QED) is 0.569. The number of esters is 1. The van der Waals surface area contributed by atoms with Crippen LogP contribution in [0.4, 0.5) is 0 Å². The normalized spacial score (nSPS) is 32.5. The number of carbonyl (C=O) groups is 1. The maximum atomic E-state index is 12.0. The van der Waals surface area contributed by atoms with Gasteiger partial charge in [0.05, 0.1) is 11.7 Å². The van der Waals surface area contributed by atoms with E-state index in [1.54, 1.807) is 7.11 Å². The third kappa shape index (κ3) is 4.83. The maximum Gasteiger partial charge on any atom is 0.334 e. The van der Waals surface area contributed by atoms with Crippen LogP contribution in [-0.4, -0.2) is 36.0 Å². The van der Waals surface area contributed by atoms with Gasteiger partial charge in [0.25, 0.3) is 0 Å². The molecule has 0 saturated carbocycles. The van der Waals surface area contributed by atoms with Gasteiger partial charge in [0.1, 0.15) is 6.10 Å². The summed E-state index contributed by atoms with van der Waals surface area (Å²) in [4.78, 5) is 12.0. The monoisotopic (exact) mass is 348 g/mol. The first-order chi connectivity index (χ1) is 11.8. The summed E-state index contributed by atoms with van der Waals surface area (Å²) in [5.74, 6) is -0.206. The van der Waals surface area contributed by atoms with E-state index in [-0.39, 0.29) is 12.1 Å². The van der Waals surface area contributed by atoms with Crippen molar-refractivity contribution in [1.82, 2.24) is 0 Å². The zero-order chi connectivity index (χ0) is 18.6. The van der Waals surface area contributed by atoms with Crippen molar-refractivity contribution >= 4 is 5.97 Å². The second-order valence-electron chi connectivity index (χ2n) is 7.65. The number of ether oxygens (including phenoxy) is 2. The van der Waals surface area contributed by atoms with Crippen LogP contribution < -0.4 is 0 Å². The summed E-state index contributed by atoms with van der Waals surface area (Å²) in [6.45, 7) is 7.99. The molecule has 1 aliphatic heterocycles. The number of rotatable bonds is 1. The second-order valence-corrected chi connectivity index (χ2v) is 7.65. The van der Waals surface area contributed by atoms with Gasteiger partial charge in [0.2, 0.25) is 0 Å². The number of carbonyl (C=O) groups excluding carboxylic acids is 1. The predicted octanol–water partition coefficient (Wildman–Crippen LogP) is 4.24.